The zero-order valence-electron chi connectivity index (χ0n) is 16.1. The topological polar surface area (TPSA) is 63.1 Å². The standard InChI is InChI=1S/C21H24N4O2.ClH/c1-24(14-15-8-3-4-11-18(15)27-2)17-10-7-9-16-20(17)23-25(21(16)26)19-12-5-6-13-22-19;/h3-6,8,11-13,17,23H,7,9-10,14H2,1-2H3;1H. The van der Waals surface area contributed by atoms with E-state index in [2.05, 4.69) is 28.1 Å². The minimum atomic E-state index is 0. The fourth-order valence-electron chi connectivity index (χ4n) is 3.92. The van der Waals surface area contributed by atoms with Crippen LogP contribution in [0.4, 0.5) is 0 Å². The van der Waals surface area contributed by atoms with Gasteiger partial charge >= 0.3 is 0 Å². The summed E-state index contributed by atoms with van der Waals surface area (Å²) in [5.74, 6) is 1.52. The first-order valence-corrected chi connectivity index (χ1v) is 9.26. The first kappa shape index (κ1) is 20.2. The van der Waals surface area contributed by atoms with Crippen LogP contribution in [0.25, 0.3) is 5.82 Å². The molecule has 1 aromatic carbocycles. The Morgan fingerprint density at radius 1 is 1.25 bits per heavy atom. The molecule has 6 nitrogen and oxygen atoms in total. The third kappa shape index (κ3) is 3.70. The molecule has 3 aromatic rings. The zero-order valence-corrected chi connectivity index (χ0v) is 16.9. The number of hydrogen-bond donors (Lipinski definition) is 1. The summed E-state index contributed by atoms with van der Waals surface area (Å²) in [5.41, 5.74) is 3.04. The van der Waals surface area contributed by atoms with Crippen molar-refractivity contribution < 1.29 is 4.74 Å². The van der Waals surface area contributed by atoms with Gasteiger partial charge in [-0.15, -0.1) is 12.4 Å². The molecule has 1 aliphatic carbocycles. The number of halogens is 1. The average molecular weight is 401 g/mol. The Morgan fingerprint density at radius 2 is 2.04 bits per heavy atom. The molecule has 0 spiro atoms. The Bertz CT molecular complexity index is 984. The summed E-state index contributed by atoms with van der Waals surface area (Å²) in [6.07, 6.45) is 4.53. The van der Waals surface area contributed by atoms with E-state index in [4.69, 9.17) is 4.74 Å². The minimum Gasteiger partial charge on any atom is -0.496 e. The van der Waals surface area contributed by atoms with E-state index in [0.29, 0.717) is 5.82 Å². The number of aromatic nitrogens is 3. The number of fused-ring (bicyclic) bond motifs is 1. The van der Waals surface area contributed by atoms with E-state index in [1.165, 1.54) is 0 Å². The van der Waals surface area contributed by atoms with Gasteiger partial charge in [0, 0.05) is 23.9 Å². The molecule has 1 aliphatic rings. The summed E-state index contributed by atoms with van der Waals surface area (Å²) in [7, 11) is 3.80. The van der Waals surface area contributed by atoms with Crippen molar-refractivity contribution in [1.82, 2.24) is 19.7 Å². The van der Waals surface area contributed by atoms with Crippen molar-refractivity contribution in [3.8, 4) is 11.6 Å². The molecule has 0 bridgehead atoms. The number of nitrogens with zero attached hydrogens (tertiary/aromatic N) is 3. The van der Waals surface area contributed by atoms with E-state index in [0.717, 1.165) is 48.4 Å². The molecule has 1 atom stereocenters. The molecule has 0 aliphatic heterocycles. The molecule has 148 valence electrons. The number of hydrogen-bond acceptors (Lipinski definition) is 4. The molecule has 4 rings (SSSR count). The molecule has 0 amide bonds. The zero-order chi connectivity index (χ0) is 18.8. The molecule has 1 N–H and O–H groups in total. The summed E-state index contributed by atoms with van der Waals surface area (Å²) in [5, 5.41) is 3.33. The lowest BCUT2D eigenvalue weighted by Crippen LogP contribution is -2.28. The van der Waals surface area contributed by atoms with Gasteiger partial charge in [-0.25, -0.2) is 9.67 Å². The van der Waals surface area contributed by atoms with Gasteiger partial charge < -0.3 is 4.74 Å². The van der Waals surface area contributed by atoms with Crippen molar-refractivity contribution in [3.05, 3.63) is 75.8 Å². The van der Waals surface area contributed by atoms with Crippen LogP contribution in [0.5, 0.6) is 5.75 Å². The molecule has 28 heavy (non-hydrogen) atoms. The number of aromatic amines is 1. The monoisotopic (exact) mass is 400 g/mol. The van der Waals surface area contributed by atoms with Gasteiger partial charge in [0.05, 0.1) is 18.8 Å². The number of methoxy groups -OCH3 is 1. The van der Waals surface area contributed by atoms with Crippen LogP contribution in [-0.4, -0.2) is 33.8 Å². The predicted octanol–water partition coefficient (Wildman–Crippen LogP) is 3.50. The minimum absolute atomic E-state index is 0. The second-order valence-electron chi connectivity index (χ2n) is 6.97. The first-order valence-electron chi connectivity index (χ1n) is 9.26. The Kier molecular flexibility index (Phi) is 6.21. The second kappa shape index (κ2) is 8.63. The lowest BCUT2D eigenvalue weighted by atomic mass is 9.92. The third-order valence-electron chi connectivity index (χ3n) is 5.28. The van der Waals surface area contributed by atoms with E-state index >= 15 is 0 Å². The highest BCUT2D eigenvalue weighted by Gasteiger charge is 2.29. The lowest BCUT2D eigenvalue weighted by Gasteiger charge is -2.31. The number of H-pyrrole nitrogens is 1. The maximum Gasteiger partial charge on any atom is 0.276 e. The van der Waals surface area contributed by atoms with Gasteiger partial charge in [0.1, 0.15) is 5.75 Å². The van der Waals surface area contributed by atoms with Crippen LogP contribution in [-0.2, 0) is 13.0 Å². The van der Waals surface area contributed by atoms with Crippen molar-refractivity contribution in [2.75, 3.05) is 14.2 Å². The van der Waals surface area contributed by atoms with Gasteiger partial charge in [-0.3, -0.25) is 14.8 Å². The molecular weight excluding hydrogens is 376 g/mol. The van der Waals surface area contributed by atoms with Gasteiger partial charge in [-0.05, 0) is 44.5 Å². The van der Waals surface area contributed by atoms with Crippen LogP contribution < -0.4 is 10.3 Å². The summed E-state index contributed by atoms with van der Waals surface area (Å²) >= 11 is 0. The van der Waals surface area contributed by atoms with Crippen molar-refractivity contribution in [2.24, 2.45) is 0 Å². The van der Waals surface area contributed by atoms with Gasteiger partial charge in [0.25, 0.3) is 5.56 Å². The van der Waals surface area contributed by atoms with Crippen molar-refractivity contribution >= 4 is 12.4 Å². The highest BCUT2D eigenvalue weighted by atomic mass is 35.5. The van der Waals surface area contributed by atoms with Crippen LogP contribution in [0.1, 0.15) is 35.7 Å². The first-order chi connectivity index (χ1) is 13.2. The number of benzene rings is 1. The Balaban J connectivity index is 0.00000225. The largest absolute Gasteiger partial charge is 0.496 e. The molecule has 0 fully saturated rings. The van der Waals surface area contributed by atoms with E-state index in [9.17, 15) is 4.79 Å². The van der Waals surface area contributed by atoms with Crippen LogP contribution in [0, 0.1) is 0 Å². The highest BCUT2D eigenvalue weighted by molar-refractivity contribution is 5.85. The summed E-state index contributed by atoms with van der Waals surface area (Å²) in [6, 6.07) is 13.8. The molecule has 0 saturated carbocycles. The Morgan fingerprint density at radius 3 is 2.79 bits per heavy atom. The van der Waals surface area contributed by atoms with Crippen molar-refractivity contribution in [1.29, 1.82) is 0 Å². The summed E-state index contributed by atoms with van der Waals surface area (Å²) in [4.78, 5) is 19.5. The number of ether oxygens (including phenoxy) is 1. The van der Waals surface area contributed by atoms with E-state index in [1.54, 1.807) is 18.0 Å². The maximum absolute atomic E-state index is 12.9. The number of nitrogens with one attached hydrogen (secondary N) is 1. The fourth-order valence-corrected chi connectivity index (χ4v) is 3.92. The summed E-state index contributed by atoms with van der Waals surface area (Å²) < 4.78 is 7.06. The van der Waals surface area contributed by atoms with E-state index in [1.807, 2.05) is 36.4 Å². The highest BCUT2D eigenvalue weighted by Crippen LogP contribution is 2.33. The average Bonchev–Trinajstić information content (AvgIpc) is 3.06. The van der Waals surface area contributed by atoms with E-state index < -0.39 is 0 Å². The maximum atomic E-state index is 12.9. The van der Waals surface area contributed by atoms with Crippen LogP contribution in [0.15, 0.2) is 53.5 Å². The Labute approximate surface area is 170 Å². The molecule has 0 saturated heterocycles. The molecule has 1 unspecified atom stereocenters. The number of pyridine rings is 1. The van der Waals surface area contributed by atoms with Gasteiger partial charge in [0.2, 0.25) is 0 Å². The molecule has 7 heteroatoms. The summed E-state index contributed by atoms with van der Waals surface area (Å²) in [6.45, 7) is 0.755. The fraction of sp³-hybridized carbons (Fsp3) is 0.333. The van der Waals surface area contributed by atoms with Gasteiger partial charge in [-0.1, -0.05) is 24.3 Å². The molecule has 0 radical (unpaired) electrons. The normalized spacial score (nSPS) is 15.8. The Hall–Kier alpha value is -2.57. The number of para-hydroxylation sites is 1. The van der Waals surface area contributed by atoms with E-state index in [-0.39, 0.29) is 24.0 Å². The molecule has 2 aromatic heterocycles. The van der Waals surface area contributed by atoms with Crippen molar-refractivity contribution in [2.45, 2.75) is 31.8 Å². The van der Waals surface area contributed by atoms with Crippen LogP contribution in [0.3, 0.4) is 0 Å². The quantitative estimate of drug-likeness (QED) is 0.712. The lowest BCUT2D eigenvalue weighted by molar-refractivity contribution is 0.206. The van der Waals surface area contributed by atoms with Crippen molar-refractivity contribution in [3.63, 3.8) is 0 Å². The van der Waals surface area contributed by atoms with Gasteiger partial charge in [-0.2, -0.15) is 0 Å². The molecular formula is C21H25ClN4O2. The predicted molar refractivity (Wildman–Crippen MR) is 112 cm³/mol. The smallest absolute Gasteiger partial charge is 0.276 e. The van der Waals surface area contributed by atoms with Crippen LogP contribution >= 0.6 is 12.4 Å². The van der Waals surface area contributed by atoms with Gasteiger partial charge in [0.15, 0.2) is 5.82 Å². The van der Waals surface area contributed by atoms with Crippen LogP contribution in [0.2, 0.25) is 0 Å². The SMILES string of the molecule is COc1ccccc1CN(C)C1CCCc2c1[nH]n(-c1ccccn1)c2=O.Cl. The number of rotatable bonds is 5. The third-order valence-corrected chi connectivity index (χ3v) is 5.28. The molecule has 2 heterocycles. The second-order valence-corrected chi connectivity index (χ2v) is 6.97.